The standard InChI is InChI=1S/C27H27N3O4/c1-18(31)29-21-10-12-22(13-11-21)30-25(32)24-7-5-4-6-20(24)16-27(30,2)26(33)28-17-19-8-14-23(34-3)15-9-19/h4-15H,16-17H2,1-3H3,(H,28,33)(H,29,31). The van der Waals surface area contributed by atoms with Gasteiger partial charge in [-0.25, -0.2) is 0 Å². The molecule has 3 aromatic rings. The van der Waals surface area contributed by atoms with E-state index in [1.54, 1.807) is 49.3 Å². The van der Waals surface area contributed by atoms with E-state index in [-0.39, 0.29) is 17.7 Å². The Balaban J connectivity index is 1.65. The van der Waals surface area contributed by atoms with Crippen LogP contribution in [0.1, 0.15) is 35.3 Å². The molecule has 4 rings (SSSR count). The Morgan fingerprint density at radius 3 is 2.32 bits per heavy atom. The summed E-state index contributed by atoms with van der Waals surface area (Å²) in [7, 11) is 1.60. The van der Waals surface area contributed by atoms with Crippen LogP contribution < -0.4 is 20.3 Å². The maximum absolute atomic E-state index is 13.6. The lowest BCUT2D eigenvalue weighted by atomic mass is 9.82. The van der Waals surface area contributed by atoms with Crippen molar-refractivity contribution in [3.05, 3.63) is 89.5 Å². The van der Waals surface area contributed by atoms with Crippen LogP contribution in [0.25, 0.3) is 0 Å². The van der Waals surface area contributed by atoms with Crippen LogP contribution in [0.3, 0.4) is 0 Å². The van der Waals surface area contributed by atoms with Crippen LogP contribution in [-0.2, 0) is 22.6 Å². The predicted octanol–water partition coefficient (Wildman–Crippen LogP) is 3.93. The summed E-state index contributed by atoms with van der Waals surface area (Å²) in [6.45, 7) is 3.54. The molecule has 174 valence electrons. The van der Waals surface area contributed by atoms with E-state index in [4.69, 9.17) is 4.74 Å². The Labute approximate surface area is 198 Å². The van der Waals surface area contributed by atoms with Crippen molar-refractivity contribution in [1.82, 2.24) is 5.32 Å². The molecule has 0 aliphatic carbocycles. The predicted molar refractivity (Wildman–Crippen MR) is 131 cm³/mol. The van der Waals surface area contributed by atoms with Crippen molar-refractivity contribution in [3.63, 3.8) is 0 Å². The summed E-state index contributed by atoms with van der Waals surface area (Å²) in [5, 5.41) is 5.73. The zero-order valence-electron chi connectivity index (χ0n) is 19.4. The van der Waals surface area contributed by atoms with E-state index in [0.29, 0.717) is 29.9 Å². The molecule has 3 amide bonds. The molecule has 1 heterocycles. The normalized spacial score (nSPS) is 17.0. The Hall–Kier alpha value is -4.13. The molecular weight excluding hydrogens is 430 g/mol. The molecule has 1 atom stereocenters. The summed E-state index contributed by atoms with van der Waals surface area (Å²) < 4.78 is 5.19. The molecule has 34 heavy (non-hydrogen) atoms. The Bertz CT molecular complexity index is 1220. The number of methoxy groups -OCH3 is 1. The van der Waals surface area contributed by atoms with E-state index in [2.05, 4.69) is 10.6 Å². The molecule has 7 heteroatoms. The average Bonchev–Trinajstić information content (AvgIpc) is 2.83. The van der Waals surface area contributed by atoms with Crippen molar-refractivity contribution in [1.29, 1.82) is 0 Å². The largest absolute Gasteiger partial charge is 0.497 e. The molecule has 0 radical (unpaired) electrons. The molecule has 0 saturated carbocycles. The first kappa shape index (κ1) is 23.0. The van der Waals surface area contributed by atoms with Gasteiger partial charge in [0.1, 0.15) is 11.3 Å². The number of nitrogens with one attached hydrogen (secondary N) is 2. The lowest BCUT2D eigenvalue weighted by molar-refractivity contribution is -0.126. The average molecular weight is 458 g/mol. The summed E-state index contributed by atoms with van der Waals surface area (Å²) in [5.74, 6) is 0.0669. The van der Waals surface area contributed by atoms with Crippen molar-refractivity contribution in [2.75, 3.05) is 17.3 Å². The van der Waals surface area contributed by atoms with Gasteiger partial charge in [-0.05, 0) is 60.5 Å². The Kier molecular flexibility index (Phi) is 6.36. The van der Waals surface area contributed by atoms with Gasteiger partial charge in [-0.1, -0.05) is 30.3 Å². The van der Waals surface area contributed by atoms with Gasteiger partial charge in [0.15, 0.2) is 0 Å². The van der Waals surface area contributed by atoms with E-state index < -0.39 is 5.54 Å². The number of amides is 3. The number of ether oxygens (including phenoxy) is 1. The Morgan fingerprint density at radius 2 is 1.68 bits per heavy atom. The van der Waals surface area contributed by atoms with Crippen LogP contribution in [0.5, 0.6) is 5.75 Å². The first-order valence-electron chi connectivity index (χ1n) is 11.0. The van der Waals surface area contributed by atoms with Gasteiger partial charge >= 0.3 is 0 Å². The van der Waals surface area contributed by atoms with Crippen molar-refractivity contribution in [3.8, 4) is 5.75 Å². The van der Waals surface area contributed by atoms with Gasteiger partial charge in [-0.15, -0.1) is 0 Å². The minimum absolute atomic E-state index is 0.182. The first-order valence-corrected chi connectivity index (χ1v) is 11.0. The third-order valence-electron chi connectivity index (χ3n) is 6.03. The van der Waals surface area contributed by atoms with Gasteiger partial charge in [0, 0.05) is 36.8 Å². The SMILES string of the molecule is COc1ccc(CNC(=O)C2(C)Cc3ccccc3C(=O)N2c2ccc(NC(C)=O)cc2)cc1. The maximum atomic E-state index is 13.6. The number of fused-ring (bicyclic) bond motifs is 1. The summed E-state index contributed by atoms with van der Waals surface area (Å²) in [6, 6.07) is 21.8. The monoisotopic (exact) mass is 457 g/mol. The van der Waals surface area contributed by atoms with Gasteiger partial charge in [-0.2, -0.15) is 0 Å². The summed E-state index contributed by atoms with van der Waals surface area (Å²) in [5.41, 5.74) is 2.39. The number of hydrogen-bond acceptors (Lipinski definition) is 4. The molecule has 7 nitrogen and oxygen atoms in total. The second-order valence-corrected chi connectivity index (χ2v) is 8.51. The highest BCUT2D eigenvalue weighted by atomic mass is 16.5. The Morgan fingerprint density at radius 1 is 1.00 bits per heavy atom. The van der Waals surface area contributed by atoms with E-state index in [9.17, 15) is 14.4 Å². The smallest absolute Gasteiger partial charge is 0.259 e. The molecular formula is C27H27N3O4. The van der Waals surface area contributed by atoms with E-state index in [0.717, 1.165) is 16.9 Å². The van der Waals surface area contributed by atoms with Crippen LogP contribution in [0.15, 0.2) is 72.8 Å². The fraction of sp³-hybridized carbons (Fsp3) is 0.222. The van der Waals surface area contributed by atoms with E-state index in [1.807, 2.05) is 42.5 Å². The number of carbonyl (C=O) groups excluding carboxylic acids is 3. The van der Waals surface area contributed by atoms with Crippen molar-refractivity contribution in [2.24, 2.45) is 0 Å². The highest BCUT2D eigenvalue weighted by Gasteiger charge is 2.47. The summed E-state index contributed by atoms with van der Waals surface area (Å²) in [6.07, 6.45) is 0.372. The molecule has 1 aliphatic heterocycles. The third-order valence-corrected chi connectivity index (χ3v) is 6.03. The molecule has 0 saturated heterocycles. The molecule has 3 aromatic carbocycles. The molecule has 1 aliphatic rings. The zero-order chi connectivity index (χ0) is 24.3. The maximum Gasteiger partial charge on any atom is 0.259 e. The third kappa shape index (κ3) is 4.50. The lowest BCUT2D eigenvalue weighted by Crippen LogP contribution is -2.63. The number of rotatable bonds is 6. The number of nitrogens with zero attached hydrogens (tertiary/aromatic N) is 1. The number of anilines is 2. The highest BCUT2D eigenvalue weighted by molar-refractivity contribution is 6.14. The highest BCUT2D eigenvalue weighted by Crippen LogP contribution is 2.36. The second-order valence-electron chi connectivity index (χ2n) is 8.51. The number of hydrogen-bond donors (Lipinski definition) is 2. The quantitative estimate of drug-likeness (QED) is 0.587. The molecule has 0 spiro atoms. The molecule has 2 N–H and O–H groups in total. The number of benzene rings is 3. The molecule has 0 fully saturated rings. The molecule has 0 bridgehead atoms. The van der Waals surface area contributed by atoms with Crippen LogP contribution in [0.4, 0.5) is 11.4 Å². The van der Waals surface area contributed by atoms with E-state index >= 15 is 0 Å². The second kappa shape index (κ2) is 9.39. The van der Waals surface area contributed by atoms with Gasteiger partial charge < -0.3 is 15.4 Å². The van der Waals surface area contributed by atoms with Crippen LogP contribution in [0.2, 0.25) is 0 Å². The number of carbonyl (C=O) groups is 3. The first-order chi connectivity index (χ1) is 16.3. The van der Waals surface area contributed by atoms with Crippen LogP contribution in [0, 0.1) is 0 Å². The molecule has 1 unspecified atom stereocenters. The molecule has 0 aromatic heterocycles. The van der Waals surface area contributed by atoms with Gasteiger partial charge in [-0.3, -0.25) is 19.3 Å². The van der Waals surface area contributed by atoms with Gasteiger partial charge in [0.25, 0.3) is 5.91 Å². The fourth-order valence-corrected chi connectivity index (χ4v) is 4.27. The fourth-order valence-electron chi connectivity index (χ4n) is 4.27. The van der Waals surface area contributed by atoms with E-state index in [1.165, 1.54) is 6.92 Å². The zero-order valence-corrected chi connectivity index (χ0v) is 19.4. The van der Waals surface area contributed by atoms with Gasteiger partial charge in [0.2, 0.25) is 11.8 Å². The summed E-state index contributed by atoms with van der Waals surface area (Å²) in [4.78, 5) is 40.1. The van der Waals surface area contributed by atoms with Crippen LogP contribution in [-0.4, -0.2) is 30.4 Å². The van der Waals surface area contributed by atoms with Crippen molar-refractivity contribution >= 4 is 29.1 Å². The lowest BCUT2D eigenvalue weighted by Gasteiger charge is -2.44. The van der Waals surface area contributed by atoms with Crippen molar-refractivity contribution < 1.29 is 19.1 Å². The van der Waals surface area contributed by atoms with Crippen LogP contribution >= 0.6 is 0 Å². The van der Waals surface area contributed by atoms with Gasteiger partial charge in [0.05, 0.1) is 7.11 Å². The summed E-state index contributed by atoms with van der Waals surface area (Å²) >= 11 is 0. The van der Waals surface area contributed by atoms with Crippen molar-refractivity contribution in [2.45, 2.75) is 32.4 Å². The minimum Gasteiger partial charge on any atom is -0.497 e. The topological polar surface area (TPSA) is 87.7 Å². The minimum atomic E-state index is -1.15.